The highest BCUT2D eigenvalue weighted by atomic mass is 32.2. The number of carboxylic acid groups (broad SMARTS) is 1. The molecule has 7 heteroatoms. The van der Waals surface area contributed by atoms with Crippen LogP contribution in [-0.4, -0.2) is 38.7 Å². The summed E-state index contributed by atoms with van der Waals surface area (Å²) in [5.41, 5.74) is 2.68. The van der Waals surface area contributed by atoms with Gasteiger partial charge in [0.1, 0.15) is 0 Å². The molecule has 3 heterocycles. The van der Waals surface area contributed by atoms with Gasteiger partial charge in [-0.05, 0) is 48.7 Å². The number of carboxylic acids is 1. The third-order valence-corrected chi connectivity index (χ3v) is 6.55. The standard InChI is InChI=1S/C22H19N3O3S/c26-21(27)22(6-10-28-11-7-22)15-2-1-3-16(12-15)29-17-4-5-18-19(13-17)25-9-8-23-20(25)14-24-18/h1-5,8-9,12-14H,6-7,10-11H2,(H,26,27). The number of carbonyl (C=O) groups is 1. The summed E-state index contributed by atoms with van der Waals surface area (Å²) in [5.74, 6) is -0.776. The zero-order valence-corrected chi connectivity index (χ0v) is 16.4. The Labute approximate surface area is 171 Å². The number of hydrogen-bond donors (Lipinski definition) is 1. The number of imidazole rings is 1. The summed E-state index contributed by atoms with van der Waals surface area (Å²) < 4.78 is 7.43. The molecule has 0 saturated carbocycles. The Morgan fingerprint density at radius 2 is 1.93 bits per heavy atom. The largest absolute Gasteiger partial charge is 0.481 e. The molecule has 146 valence electrons. The maximum atomic E-state index is 12.1. The Morgan fingerprint density at radius 3 is 2.76 bits per heavy atom. The predicted octanol–water partition coefficient (Wildman–Crippen LogP) is 4.17. The second-order valence-corrected chi connectivity index (χ2v) is 8.34. The van der Waals surface area contributed by atoms with Crippen molar-refractivity contribution in [3.63, 3.8) is 0 Å². The number of fused-ring (bicyclic) bond motifs is 3. The smallest absolute Gasteiger partial charge is 0.314 e. The summed E-state index contributed by atoms with van der Waals surface area (Å²) >= 11 is 1.62. The fourth-order valence-electron chi connectivity index (χ4n) is 3.95. The molecule has 4 aromatic rings. The molecule has 29 heavy (non-hydrogen) atoms. The van der Waals surface area contributed by atoms with Crippen molar-refractivity contribution in [3.05, 3.63) is 66.6 Å². The van der Waals surface area contributed by atoms with E-state index in [1.807, 2.05) is 47.0 Å². The molecule has 0 atom stereocenters. The number of ether oxygens (including phenoxy) is 1. The first-order valence-corrected chi connectivity index (χ1v) is 10.3. The van der Waals surface area contributed by atoms with Gasteiger partial charge in [0.25, 0.3) is 0 Å². The van der Waals surface area contributed by atoms with Crippen LogP contribution in [0, 0.1) is 0 Å². The zero-order chi connectivity index (χ0) is 19.8. The van der Waals surface area contributed by atoms with Gasteiger partial charge in [-0.2, -0.15) is 0 Å². The molecular formula is C22H19N3O3S. The molecule has 0 unspecified atom stereocenters. The topological polar surface area (TPSA) is 76.7 Å². The summed E-state index contributed by atoms with van der Waals surface area (Å²) in [7, 11) is 0. The summed E-state index contributed by atoms with van der Waals surface area (Å²) in [4.78, 5) is 23.0. The first-order chi connectivity index (χ1) is 14.2. The molecular weight excluding hydrogens is 386 g/mol. The van der Waals surface area contributed by atoms with Crippen molar-refractivity contribution < 1.29 is 14.6 Å². The van der Waals surface area contributed by atoms with Gasteiger partial charge in [-0.1, -0.05) is 23.9 Å². The highest BCUT2D eigenvalue weighted by molar-refractivity contribution is 7.99. The molecule has 1 fully saturated rings. The molecule has 0 amide bonds. The van der Waals surface area contributed by atoms with E-state index >= 15 is 0 Å². The van der Waals surface area contributed by atoms with Gasteiger partial charge in [0.15, 0.2) is 5.65 Å². The van der Waals surface area contributed by atoms with Crippen LogP contribution in [0.3, 0.4) is 0 Å². The van der Waals surface area contributed by atoms with E-state index in [2.05, 4.69) is 16.0 Å². The molecule has 1 N–H and O–H groups in total. The Bertz CT molecular complexity index is 1210. The van der Waals surface area contributed by atoms with Crippen LogP contribution in [0.25, 0.3) is 16.7 Å². The van der Waals surface area contributed by atoms with Crippen molar-refractivity contribution in [3.8, 4) is 0 Å². The van der Waals surface area contributed by atoms with Crippen molar-refractivity contribution in [2.45, 2.75) is 28.0 Å². The lowest BCUT2D eigenvalue weighted by molar-refractivity contribution is -0.147. The number of hydrogen-bond acceptors (Lipinski definition) is 5. The van der Waals surface area contributed by atoms with E-state index in [1.54, 1.807) is 24.2 Å². The zero-order valence-electron chi connectivity index (χ0n) is 15.6. The van der Waals surface area contributed by atoms with Crippen LogP contribution in [0.2, 0.25) is 0 Å². The van der Waals surface area contributed by atoms with E-state index < -0.39 is 11.4 Å². The van der Waals surface area contributed by atoms with E-state index in [9.17, 15) is 9.90 Å². The van der Waals surface area contributed by atoms with Gasteiger partial charge >= 0.3 is 5.97 Å². The highest BCUT2D eigenvalue weighted by Gasteiger charge is 2.41. The molecule has 1 saturated heterocycles. The number of aliphatic carboxylic acids is 1. The van der Waals surface area contributed by atoms with Gasteiger partial charge in [-0.15, -0.1) is 0 Å². The van der Waals surface area contributed by atoms with E-state index in [-0.39, 0.29) is 0 Å². The van der Waals surface area contributed by atoms with Crippen LogP contribution in [-0.2, 0) is 14.9 Å². The van der Waals surface area contributed by atoms with Crippen molar-refractivity contribution in [1.82, 2.24) is 14.4 Å². The quantitative estimate of drug-likeness (QED) is 0.549. The fourth-order valence-corrected chi connectivity index (χ4v) is 4.86. The Morgan fingerprint density at radius 1 is 1.10 bits per heavy atom. The molecule has 1 aliphatic rings. The van der Waals surface area contributed by atoms with E-state index in [1.165, 1.54) is 0 Å². The monoisotopic (exact) mass is 405 g/mol. The van der Waals surface area contributed by atoms with Gasteiger partial charge in [-0.25, -0.2) is 4.98 Å². The second-order valence-electron chi connectivity index (χ2n) is 7.19. The number of benzene rings is 2. The van der Waals surface area contributed by atoms with E-state index in [0.717, 1.165) is 32.0 Å². The number of aromatic nitrogens is 3. The Kier molecular flexibility index (Phi) is 4.49. The normalized spacial score (nSPS) is 16.3. The van der Waals surface area contributed by atoms with Crippen LogP contribution in [0.15, 0.2) is 70.8 Å². The third kappa shape index (κ3) is 3.16. The van der Waals surface area contributed by atoms with Crippen LogP contribution >= 0.6 is 11.8 Å². The SMILES string of the molecule is O=C(O)C1(c2cccc(Sc3ccc4ncc5nccn5c4c3)c2)CCOCC1. The number of nitrogens with zero attached hydrogens (tertiary/aromatic N) is 3. The average Bonchev–Trinajstić information content (AvgIpc) is 3.24. The molecule has 2 aromatic heterocycles. The summed E-state index contributed by atoms with van der Waals surface area (Å²) in [6, 6.07) is 14.0. The van der Waals surface area contributed by atoms with Crippen molar-refractivity contribution >= 4 is 34.4 Å². The summed E-state index contributed by atoms with van der Waals surface area (Å²) in [6.45, 7) is 0.949. The first kappa shape index (κ1) is 18.1. The molecule has 0 spiro atoms. The molecule has 1 aliphatic heterocycles. The van der Waals surface area contributed by atoms with Gasteiger partial charge in [0.05, 0.1) is 22.6 Å². The van der Waals surface area contributed by atoms with Crippen LogP contribution < -0.4 is 0 Å². The minimum atomic E-state index is -0.870. The van der Waals surface area contributed by atoms with Crippen molar-refractivity contribution in [2.24, 2.45) is 0 Å². The third-order valence-electron chi connectivity index (χ3n) is 5.57. The average molecular weight is 405 g/mol. The first-order valence-electron chi connectivity index (χ1n) is 9.47. The van der Waals surface area contributed by atoms with Crippen LogP contribution in [0.1, 0.15) is 18.4 Å². The van der Waals surface area contributed by atoms with E-state index in [0.29, 0.717) is 26.1 Å². The summed E-state index contributed by atoms with van der Waals surface area (Å²) in [5, 5.41) is 9.94. The van der Waals surface area contributed by atoms with Crippen LogP contribution in [0.5, 0.6) is 0 Å². The molecule has 2 aromatic carbocycles. The minimum Gasteiger partial charge on any atom is -0.481 e. The Hall–Kier alpha value is -2.90. The van der Waals surface area contributed by atoms with Gasteiger partial charge in [0, 0.05) is 35.4 Å². The maximum absolute atomic E-state index is 12.1. The molecule has 5 rings (SSSR count). The lowest BCUT2D eigenvalue weighted by Gasteiger charge is -2.33. The fraction of sp³-hybridized carbons (Fsp3) is 0.227. The molecule has 6 nitrogen and oxygen atoms in total. The molecule has 0 aliphatic carbocycles. The molecule has 0 radical (unpaired) electrons. The van der Waals surface area contributed by atoms with Crippen molar-refractivity contribution in [2.75, 3.05) is 13.2 Å². The lowest BCUT2D eigenvalue weighted by Crippen LogP contribution is -2.41. The molecule has 0 bridgehead atoms. The van der Waals surface area contributed by atoms with Gasteiger partial charge in [0.2, 0.25) is 0 Å². The highest BCUT2D eigenvalue weighted by Crippen LogP contribution is 2.38. The Balaban J connectivity index is 1.51. The minimum absolute atomic E-state index is 0.474. The van der Waals surface area contributed by atoms with Crippen molar-refractivity contribution in [1.29, 1.82) is 0 Å². The van der Waals surface area contributed by atoms with E-state index in [4.69, 9.17) is 4.74 Å². The van der Waals surface area contributed by atoms with Gasteiger partial charge < -0.3 is 9.84 Å². The summed E-state index contributed by atoms with van der Waals surface area (Å²) in [6.07, 6.45) is 6.44. The second kappa shape index (κ2) is 7.17. The lowest BCUT2D eigenvalue weighted by atomic mass is 9.74. The number of rotatable bonds is 4. The van der Waals surface area contributed by atoms with Gasteiger partial charge in [-0.3, -0.25) is 14.2 Å². The predicted molar refractivity (Wildman–Crippen MR) is 110 cm³/mol. The van der Waals surface area contributed by atoms with Crippen LogP contribution in [0.4, 0.5) is 0 Å². The maximum Gasteiger partial charge on any atom is 0.314 e.